The number of rotatable bonds is 5. The molecule has 6 nitrogen and oxygen atoms in total. The maximum absolute atomic E-state index is 13.6. The molecule has 3 aromatic rings. The number of phenols is 1. The van der Waals surface area contributed by atoms with E-state index >= 15 is 0 Å². The lowest BCUT2D eigenvalue weighted by Crippen LogP contribution is -2.17. The number of allylic oxidation sites excluding steroid dienone is 4. The molecule has 1 aliphatic carbocycles. The Hall–Kier alpha value is -4.01. The SMILES string of the molecule is Nc1cc(C(=O)N/N=C/c2cccc3c2ccn3CC2C=C(F)C(F)=C(F)C2)ccc1O. The quantitative estimate of drug-likeness (QED) is 0.232. The van der Waals surface area contributed by atoms with Gasteiger partial charge in [-0.05, 0) is 36.4 Å². The number of hydrogen-bond donors (Lipinski definition) is 3. The summed E-state index contributed by atoms with van der Waals surface area (Å²) < 4.78 is 42.2. The third-order valence-corrected chi connectivity index (χ3v) is 5.21. The van der Waals surface area contributed by atoms with Crippen LogP contribution < -0.4 is 11.2 Å². The van der Waals surface area contributed by atoms with Crippen molar-refractivity contribution in [3.8, 4) is 5.75 Å². The van der Waals surface area contributed by atoms with Gasteiger partial charge in [-0.25, -0.2) is 18.6 Å². The van der Waals surface area contributed by atoms with Crippen molar-refractivity contribution >= 4 is 28.7 Å². The van der Waals surface area contributed by atoms with Crippen LogP contribution in [0.25, 0.3) is 10.9 Å². The van der Waals surface area contributed by atoms with E-state index < -0.39 is 29.3 Å². The third kappa shape index (κ3) is 4.22. The number of phenolic OH excluding ortho intramolecular Hbond substituents is 1. The van der Waals surface area contributed by atoms with Crippen LogP contribution in [-0.2, 0) is 6.54 Å². The summed E-state index contributed by atoms with van der Waals surface area (Å²) in [4.78, 5) is 12.2. The van der Waals surface area contributed by atoms with Gasteiger partial charge in [-0.2, -0.15) is 5.10 Å². The van der Waals surface area contributed by atoms with E-state index in [1.54, 1.807) is 18.3 Å². The fourth-order valence-corrected chi connectivity index (χ4v) is 3.60. The van der Waals surface area contributed by atoms with Crippen molar-refractivity contribution in [2.75, 3.05) is 5.73 Å². The van der Waals surface area contributed by atoms with Crippen LogP contribution in [-0.4, -0.2) is 21.8 Å². The molecular weight excluding hydrogens is 421 g/mol. The van der Waals surface area contributed by atoms with Gasteiger partial charge in [-0.1, -0.05) is 12.1 Å². The molecule has 4 N–H and O–H groups in total. The highest BCUT2D eigenvalue weighted by molar-refractivity contribution is 6.00. The van der Waals surface area contributed by atoms with Crippen molar-refractivity contribution in [3.05, 3.63) is 83.3 Å². The Balaban J connectivity index is 1.49. The largest absolute Gasteiger partial charge is 0.506 e. The molecule has 0 spiro atoms. The lowest BCUT2D eigenvalue weighted by molar-refractivity contribution is 0.0955. The Morgan fingerprint density at radius 3 is 2.81 bits per heavy atom. The molecule has 0 radical (unpaired) electrons. The molecule has 1 aliphatic rings. The number of hydrogen-bond acceptors (Lipinski definition) is 4. The zero-order valence-corrected chi connectivity index (χ0v) is 16.7. The first-order chi connectivity index (χ1) is 15.3. The van der Waals surface area contributed by atoms with Crippen LogP contribution in [0.1, 0.15) is 22.3 Å². The summed E-state index contributed by atoms with van der Waals surface area (Å²) >= 11 is 0. The van der Waals surface area contributed by atoms with Crippen molar-refractivity contribution in [1.82, 2.24) is 9.99 Å². The number of aromatic nitrogens is 1. The van der Waals surface area contributed by atoms with Crippen molar-refractivity contribution in [2.45, 2.75) is 13.0 Å². The van der Waals surface area contributed by atoms with Crippen LogP contribution in [0.3, 0.4) is 0 Å². The summed E-state index contributed by atoms with van der Waals surface area (Å²) in [6.07, 6.45) is 4.15. The van der Waals surface area contributed by atoms with Gasteiger partial charge in [-0.3, -0.25) is 4.79 Å². The number of halogens is 3. The van der Waals surface area contributed by atoms with E-state index in [4.69, 9.17) is 5.73 Å². The smallest absolute Gasteiger partial charge is 0.271 e. The minimum absolute atomic E-state index is 0.0820. The molecule has 1 unspecified atom stereocenters. The molecule has 0 aliphatic heterocycles. The lowest BCUT2D eigenvalue weighted by Gasteiger charge is -2.18. The molecule has 1 heterocycles. The molecule has 4 rings (SSSR count). The first-order valence-electron chi connectivity index (χ1n) is 9.75. The second-order valence-corrected chi connectivity index (χ2v) is 7.42. The number of hydrazone groups is 1. The Kier molecular flexibility index (Phi) is 5.72. The summed E-state index contributed by atoms with van der Waals surface area (Å²) in [6, 6.07) is 11.4. The molecular formula is C23H19F3N4O2. The van der Waals surface area contributed by atoms with Gasteiger partial charge in [0.1, 0.15) is 11.6 Å². The summed E-state index contributed by atoms with van der Waals surface area (Å²) in [5.41, 5.74) is 9.84. The summed E-state index contributed by atoms with van der Waals surface area (Å²) in [7, 11) is 0. The normalized spacial score (nSPS) is 16.6. The van der Waals surface area contributed by atoms with E-state index in [-0.39, 0.29) is 30.0 Å². The van der Waals surface area contributed by atoms with Crippen LogP contribution in [0.2, 0.25) is 0 Å². The minimum atomic E-state index is -1.42. The first kappa shape index (κ1) is 21.2. The number of nitrogen functional groups attached to an aromatic ring is 1. The lowest BCUT2D eigenvalue weighted by atomic mass is 9.98. The second-order valence-electron chi connectivity index (χ2n) is 7.42. The number of aromatic hydroxyl groups is 1. The van der Waals surface area contributed by atoms with Gasteiger partial charge in [0.15, 0.2) is 11.7 Å². The molecule has 1 aromatic heterocycles. The van der Waals surface area contributed by atoms with Gasteiger partial charge in [0.25, 0.3) is 5.91 Å². The average molecular weight is 440 g/mol. The van der Waals surface area contributed by atoms with Crippen LogP contribution in [0.15, 0.2) is 77.3 Å². The van der Waals surface area contributed by atoms with Crippen LogP contribution in [0, 0.1) is 5.92 Å². The molecule has 9 heteroatoms. The predicted octanol–water partition coefficient (Wildman–Crippen LogP) is 4.72. The fraction of sp³-hybridized carbons (Fsp3) is 0.130. The van der Waals surface area contributed by atoms with Crippen LogP contribution in [0.4, 0.5) is 18.9 Å². The number of nitrogens with zero attached hydrogens (tertiary/aromatic N) is 2. The minimum Gasteiger partial charge on any atom is -0.506 e. The number of carbonyl (C=O) groups excluding carboxylic acids is 1. The summed E-state index contributed by atoms with van der Waals surface area (Å²) in [5.74, 6) is -4.80. The predicted molar refractivity (Wildman–Crippen MR) is 116 cm³/mol. The van der Waals surface area contributed by atoms with Crippen molar-refractivity contribution in [2.24, 2.45) is 11.0 Å². The van der Waals surface area contributed by atoms with Gasteiger partial charge in [-0.15, -0.1) is 0 Å². The topological polar surface area (TPSA) is 92.6 Å². The monoisotopic (exact) mass is 440 g/mol. The Bertz CT molecular complexity index is 1290. The van der Waals surface area contributed by atoms with Crippen LogP contribution in [0.5, 0.6) is 5.75 Å². The molecule has 0 saturated carbocycles. The molecule has 2 aromatic carbocycles. The number of benzene rings is 2. The molecule has 32 heavy (non-hydrogen) atoms. The van der Waals surface area contributed by atoms with Crippen molar-refractivity contribution in [1.29, 1.82) is 0 Å². The maximum Gasteiger partial charge on any atom is 0.271 e. The third-order valence-electron chi connectivity index (χ3n) is 5.21. The Morgan fingerprint density at radius 1 is 1.25 bits per heavy atom. The maximum atomic E-state index is 13.6. The molecule has 1 atom stereocenters. The van der Waals surface area contributed by atoms with Crippen molar-refractivity contribution < 1.29 is 23.1 Å². The highest BCUT2D eigenvalue weighted by atomic mass is 19.2. The standard InChI is InChI=1S/C23H19F3N4O2/c24-17-8-13(9-18(25)22(17)26)12-30-7-6-16-15(2-1-3-20(16)30)11-28-29-23(32)14-4-5-21(31)19(27)10-14/h1-8,10-11,13,31H,9,12,27H2,(H,29,32)/b28-11+. The van der Waals surface area contributed by atoms with Crippen molar-refractivity contribution in [3.63, 3.8) is 0 Å². The fourth-order valence-electron chi connectivity index (χ4n) is 3.60. The van der Waals surface area contributed by atoms with Crippen LogP contribution >= 0.6 is 0 Å². The first-order valence-corrected chi connectivity index (χ1v) is 9.75. The average Bonchev–Trinajstić information content (AvgIpc) is 3.17. The molecule has 164 valence electrons. The van der Waals surface area contributed by atoms with E-state index in [1.807, 2.05) is 16.7 Å². The summed E-state index contributed by atoms with van der Waals surface area (Å²) in [5, 5.41) is 14.2. The molecule has 0 bridgehead atoms. The number of carbonyl (C=O) groups is 1. The van der Waals surface area contributed by atoms with E-state index in [0.717, 1.165) is 17.0 Å². The Morgan fingerprint density at radius 2 is 2.06 bits per heavy atom. The van der Waals surface area contributed by atoms with Gasteiger partial charge in [0, 0.05) is 47.1 Å². The number of amides is 1. The number of fused-ring (bicyclic) bond motifs is 1. The highest BCUT2D eigenvalue weighted by Crippen LogP contribution is 2.33. The highest BCUT2D eigenvalue weighted by Gasteiger charge is 2.23. The number of nitrogens with one attached hydrogen (secondary N) is 1. The van der Waals surface area contributed by atoms with Gasteiger partial charge >= 0.3 is 0 Å². The second kappa shape index (κ2) is 8.62. The number of nitrogens with two attached hydrogens (primary N) is 1. The van der Waals surface area contributed by atoms with E-state index in [9.17, 15) is 23.1 Å². The molecule has 1 amide bonds. The number of anilines is 1. The zero-order chi connectivity index (χ0) is 22.8. The van der Waals surface area contributed by atoms with Gasteiger partial charge in [0.2, 0.25) is 0 Å². The summed E-state index contributed by atoms with van der Waals surface area (Å²) in [6.45, 7) is 0.275. The van der Waals surface area contributed by atoms with Gasteiger partial charge < -0.3 is 15.4 Å². The molecule has 0 fully saturated rings. The van der Waals surface area contributed by atoms with E-state index in [2.05, 4.69) is 10.5 Å². The Labute approximate surface area is 181 Å². The zero-order valence-electron chi connectivity index (χ0n) is 16.7. The van der Waals surface area contributed by atoms with E-state index in [0.29, 0.717) is 5.56 Å². The van der Waals surface area contributed by atoms with Gasteiger partial charge in [0.05, 0.1) is 11.9 Å². The van der Waals surface area contributed by atoms with E-state index in [1.165, 1.54) is 24.4 Å². The molecule has 0 saturated heterocycles.